The van der Waals surface area contributed by atoms with Crippen molar-refractivity contribution >= 4 is 5.97 Å². The van der Waals surface area contributed by atoms with E-state index in [1.165, 1.54) is 24.0 Å². The van der Waals surface area contributed by atoms with Crippen LogP contribution in [0.1, 0.15) is 30.4 Å². The average molecular weight is 202 g/mol. The van der Waals surface area contributed by atoms with E-state index in [9.17, 15) is 4.79 Å². The molecule has 0 atom stereocenters. The van der Waals surface area contributed by atoms with Crippen molar-refractivity contribution in [3.63, 3.8) is 0 Å². The van der Waals surface area contributed by atoms with Crippen LogP contribution in [-0.2, 0) is 17.6 Å². The van der Waals surface area contributed by atoms with Gasteiger partial charge in [0, 0.05) is 0 Å². The molecule has 1 aromatic rings. The van der Waals surface area contributed by atoms with Crippen LogP contribution in [0.25, 0.3) is 0 Å². The van der Waals surface area contributed by atoms with Gasteiger partial charge >= 0.3 is 5.97 Å². The molecular formula is C13H14O2. The van der Waals surface area contributed by atoms with Crippen LogP contribution in [0.4, 0.5) is 0 Å². The molecule has 0 spiro atoms. The van der Waals surface area contributed by atoms with Crippen molar-refractivity contribution in [2.24, 2.45) is 5.92 Å². The van der Waals surface area contributed by atoms with E-state index in [4.69, 9.17) is 4.74 Å². The molecule has 78 valence electrons. The number of carbonyl (C=O) groups excluding carboxylic acids is 1. The Morgan fingerprint density at radius 3 is 2.80 bits per heavy atom. The predicted octanol–water partition coefficient (Wildman–Crippen LogP) is 2.49. The van der Waals surface area contributed by atoms with Gasteiger partial charge in [-0.25, -0.2) is 0 Å². The third kappa shape index (κ3) is 1.76. The number of esters is 1. The second kappa shape index (κ2) is 3.37. The minimum Gasteiger partial charge on any atom is -0.426 e. The zero-order chi connectivity index (χ0) is 10.3. The standard InChI is InChI=1S/C13H14O2/c14-13(10-4-5-10)15-12-7-6-9-2-1-3-11(9)8-12/h6-8,10H,1-5H2. The Morgan fingerprint density at radius 2 is 2.00 bits per heavy atom. The van der Waals surface area contributed by atoms with Crippen LogP contribution in [-0.4, -0.2) is 5.97 Å². The smallest absolute Gasteiger partial charge is 0.314 e. The Kier molecular flexibility index (Phi) is 2.01. The fourth-order valence-corrected chi connectivity index (χ4v) is 2.13. The molecule has 0 saturated heterocycles. The first-order chi connectivity index (χ1) is 7.33. The molecule has 0 aromatic heterocycles. The lowest BCUT2D eigenvalue weighted by Gasteiger charge is -2.05. The van der Waals surface area contributed by atoms with Crippen molar-refractivity contribution < 1.29 is 9.53 Å². The topological polar surface area (TPSA) is 26.3 Å². The molecule has 1 aromatic carbocycles. The van der Waals surface area contributed by atoms with E-state index >= 15 is 0 Å². The summed E-state index contributed by atoms with van der Waals surface area (Å²) in [5, 5.41) is 0. The van der Waals surface area contributed by atoms with Gasteiger partial charge in [0.15, 0.2) is 0 Å². The fourth-order valence-electron chi connectivity index (χ4n) is 2.13. The molecule has 2 nitrogen and oxygen atoms in total. The minimum atomic E-state index is -0.0482. The number of carbonyl (C=O) groups is 1. The molecule has 0 unspecified atom stereocenters. The lowest BCUT2D eigenvalue weighted by atomic mass is 10.1. The highest BCUT2D eigenvalue weighted by Crippen LogP contribution is 2.32. The zero-order valence-corrected chi connectivity index (χ0v) is 8.66. The van der Waals surface area contributed by atoms with Crippen LogP contribution in [0.15, 0.2) is 18.2 Å². The van der Waals surface area contributed by atoms with Crippen molar-refractivity contribution in [1.82, 2.24) is 0 Å². The molecule has 3 rings (SSSR count). The van der Waals surface area contributed by atoms with Gasteiger partial charge in [-0.1, -0.05) is 6.07 Å². The highest BCUT2D eigenvalue weighted by atomic mass is 16.5. The summed E-state index contributed by atoms with van der Waals surface area (Å²) >= 11 is 0. The summed E-state index contributed by atoms with van der Waals surface area (Å²) in [6.45, 7) is 0. The summed E-state index contributed by atoms with van der Waals surface area (Å²) in [6, 6.07) is 6.05. The third-order valence-corrected chi connectivity index (χ3v) is 3.20. The van der Waals surface area contributed by atoms with E-state index in [2.05, 4.69) is 6.07 Å². The number of rotatable bonds is 2. The summed E-state index contributed by atoms with van der Waals surface area (Å²) in [4.78, 5) is 11.5. The van der Waals surface area contributed by atoms with Gasteiger partial charge in [0.05, 0.1) is 5.92 Å². The molecule has 15 heavy (non-hydrogen) atoms. The minimum absolute atomic E-state index is 0.0482. The van der Waals surface area contributed by atoms with Crippen LogP contribution in [0.5, 0.6) is 5.75 Å². The van der Waals surface area contributed by atoms with E-state index in [1.54, 1.807) is 0 Å². The molecule has 0 aliphatic heterocycles. The van der Waals surface area contributed by atoms with Gasteiger partial charge in [-0.3, -0.25) is 4.79 Å². The van der Waals surface area contributed by atoms with Gasteiger partial charge in [0.1, 0.15) is 5.75 Å². The van der Waals surface area contributed by atoms with Crippen molar-refractivity contribution in [3.8, 4) is 5.75 Å². The molecule has 2 aliphatic carbocycles. The highest BCUT2D eigenvalue weighted by Gasteiger charge is 2.31. The Morgan fingerprint density at radius 1 is 1.20 bits per heavy atom. The van der Waals surface area contributed by atoms with Gasteiger partial charge in [-0.15, -0.1) is 0 Å². The van der Waals surface area contributed by atoms with Crippen molar-refractivity contribution in [3.05, 3.63) is 29.3 Å². The lowest BCUT2D eigenvalue weighted by Crippen LogP contribution is -2.09. The number of hydrogen-bond donors (Lipinski definition) is 0. The Bertz CT molecular complexity index is 405. The largest absolute Gasteiger partial charge is 0.426 e. The summed E-state index contributed by atoms with van der Waals surface area (Å²) in [7, 11) is 0. The van der Waals surface area contributed by atoms with Crippen LogP contribution in [0, 0.1) is 5.92 Å². The first-order valence-electron chi connectivity index (χ1n) is 5.66. The van der Waals surface area contributed by atoms with E-state index < -0.39 is 0 Å². The Balaban J connectivity index is 1.77. The van der Waals surface area contributed by atoms with Crippen molar-refractivity contribution in [2.45, 2.75) is 32.1 Å². The first kappa shape index (κ1) is 8.96. The molecule has 2 heteroatoms. The van der Waals surface area contributed by atoms with Crippen LogP contribution >= 0.6 is 0 Å². The van der Waals surface area contributed by atoms with E-state index in [-0.39, 0.29) is 11.9 Å². The summed E-state index contributed by atoms with van der Waals surface area (Å²) in [6.07, 6.45) is 5.54. The van der Waals surface area contributed by atoms with Gasteiger partial charge in [-0.05, 0) is 55.4 Å². The van der Waals surface area contributed by atoms with Crippen LogP contribution < -0.4 is 4.74 Å². The number of fused-ring (bicyclic) bond motifs is 1. The molecular weight excluding hydrogens is 188 g/mol. The maximum absolute atomic E-state index is 11.5. The Hall–Kier alpha value is -1.31. The van der Waals surface area contributed by atoms with Crippen molar-refractivity contribution in [2.75, 3.05) is 0 Å². The SMILES string of the molecule is O=C(Oc1ccc2c(c1)CCC2)C1CC1. The third-order valence-electron chi connectivity index (χ3n) is 3.20. The molecule has 0 amide bonds. The number of aryl methyl sites for hydroxylation is 2. The van der Waals surface area contributed by atoms with E-state index in [0.717, 1.165) is 25.0 Å². The number of hydrogen-bond acceptors (Lipinski definition) is 2. The number of ether oxygens (including phenoxy) is 1. The van der Waals surface area contributed by atoms with Crippen LogP contribution in [0.3, 0.4) is 0 Å². The molecule has 2 aliphatic rings. The fraction of sp³-hybridized carbons (Fsp3) is 0.462. The quantitative estimate of drug-likeness (QED) is 0.544. The molecule has 1 fully saturated rings. The van der Waals surface area contributed by atoms with Crippen molar-refractivity contribution in [1.29, 1.82) is 0 Å². The average Bonchev–Trinajstić information content (AvgIpc) is 2.98. The highest BCUT2D eigenvalue weighted by molar-refractivity contribution is 5.77. The molecule has 0 radical (unpaired) electrons. The molecule has 1 saturated carbocycles. The molecule has 0 N–H and O–H groups in total. The van der Waals surface area contributed by atoms with E-state index in [0.29, 0.717) is 0 Å². The van der Waals surface area contributed by atoms with E-state index in [1.807, 2.05) is 12.1 Å². The zero-order valence-electron chi connectivity index (χ0n) is 8.66. The van der Waals surface area contributed by atoms with Gasteiger partial charge in [-0.2, -0.15) is 0 Å². The maximum Gasteiger partial charge on any atom is 0.314 e. The normalized spacial score (nSPS) is 18.7. The monoisotopic (exact) mass is 202 g/mol. The first-order valence-corrected chi connectivity index (χ1v) is 5.66. The molecule has 0 heterocycles. The second-order valence-electron chi connectivity index (χ2n) is 4.48. The van der Waals surface area contributed by atoms with Gasteiger partial charge in [0.25, 0.3) is 0 Å². The van der Waals surface area contributed by atoms with Crippen LogP contribution in [0.2, 0.25) is 0 Å². The summed E-state index contributed by atoms with van der Waals surface area (Å²) in [5.74, 6) is 0.860. The number of benzene rings is 1. The predicted molar refractivity (Wildman–Crippen MR) is 56.8 cm³/mol. The summed E-state index contributed by atoms with van der Waals surface area (Å²) < 4.78 is 5.32. The lowest BCUT2D eigenvalue weighted by molar-refractivity contribution is -0.135. The van der Waals surface area contributed by atoms with Gasteiger partial charge < -0.3 is 4.74 Å². The second-order valence-corrected chi connectivity index (χ2v) is 4.48. The Labute approximate surface area is 89.2 Å². The maximum atomic E-state index is 11.5. The van der Waals surface area contributed by atoms with Gasteiger partial charge in [0.2, 0.25) is 0 Å². The summed E-state index contributed by atoms with van der Waals surface area (Å²) in [5.41, 5.74) is 2.78. The molecule has 0 bridgehead atoms.